The molecule has 11 nitrogen and oxygen atoms in total. The number of aryl methyl sites for hydroxylation is 1. The molecule has 294 valence electrons. The zero-order chi connectivity index (χ0) is 39.4. The van der Waals surface area contributed by atoms with Gasteiger partial charge in [0.15, 0.2) is 5.78 Å². The fraction of sp³-hybridized carbons (Fsp3) is 0.452. The maximum Gasteiger partial charge on any atom is 0.262 e. The minimum absolute atomic E-state index is 0.0222. The Labute approximate surface area is 329 Å². The van der Waals surface area contributed by atoms with Crippen LogP contribution in [0, 0.1) is 24.1 Å². The van der Waals surface area contributed by atoms with Gasteiger partial charge in [-0.1, -0.05) is 55.3 Å². The number of carbonyl (C=O) groups excluding carboxylic acids is 4. The van der Waals surface area contributed by atoms with Crippen molar-refractivity contribution in [3.8, 4) is 5.88 Å². The largest absolute Gasteiger partial charge is 0.472 e. The molecule has 4 aromatic rings. The van der Waals surface area contributed by atoms with Crippen molar-refractivity contribution in [3.63, 3.8) is 0 Å². The molecule has 4 heterocycles. The molecule has 3 amide bonds. The van der Waals surface area contributed by atoms with Gasteiger partial charge in [-0.15, -0.1) is 11.3 Å². The summed E-state index contributed by atoms with van der Waals surface area (Å²) in [7, 11) is -3.97. The highest BCUT2D eigenvalue weighted by Gasteiger charge is 2.62. The number of nitrogens with one attached hydrogen (secondary N) is 2. The molecule has 0 radical (unpaired) electrons. The molecule has 2 N–H and O–H groups in total. The van der Waals surface area contributed by atoms with Gasteiger partial charge in [-0.25, -0.2) is 17.8 Å². The molecule has 5 atom stereocenters. The number of Topliss-reactive ketones (excluding diaryl/α,β-unsaturated/α-hetero) is 1. The van der Waals surface area contributed by atoms with Crippen molar-refractivity contribution in [2.45, 2.75) is 101 Å². The number of benzene rings is 2. The molecule has 2 aliphatic carbocycles. The molecule has 4 aliphatic rings. The summed E-state index contributed by atoms with van der Waals surface area (Å²) < 4.78 is 49.7. The van der Waals surface area contributed by atoms with Gasteiger partial charge >= 0.3 is 0 Å². The molecule has 2 aromatic heterocycles. The number of allylic oxidation sites excluding steroid dienone is 2. The minimum Gasteiger partial charge on any atom is -0.472 e. The van der Waals surface area contributed by atoms with E-state index in [9.17, 15) is 27.6 Å². The molecule has 14 heteroatoms. The number of amides is 3. The maximum absolute atomic E-state index is 15.5. The standard InChI is InChI=1S/C42H45FN4O7S2/c1-25-17-18-35(55-25)37(49)44-32-16-7-5-3-4-6-11-26-22-42(26,40(51)46-56(52,53)41(2)19-20-41)23-34(48)33-21-27(24-47(33)39(32)50)54-38-36-29(13-10-14-30(36)43)28-12-8-9-15-31(28)45-38/h6,8-15,17-18,26-27,32-33H,3-5,7,16,19-24H2,1-2H3,(H,44,49)(H,46,51)/b11-6-/t26-,27-,32+,33+,42-/m1/s1. The molecule has 56 heavy (non-hydrogen) atoms. The van der Waals surface area contributed by atoms with Gasteiger partial charge in [-0.05, 0) is 87.9 Å². The Morgan fingerprint density at radius 2 is 1.80 bits per heavy atom. The van der Waals surface area contributed by atoms with Gasteiger partial charge in [0, 0.05) is 23.1 Å². The van der Waals surface area contributed by atoms with E-state index < -0.39 is 61.8 Å². The number of para-hydroxylation sites is 1. The van der Waals surface area contributed by atoms with Crippen LogP contribution in [0.3, 0.4) is 0 Å². The van der Waals surface area contributed by atoms with Crippen LogP contribution in [0.25, 0.3) is 21.7 Å². The number of fused-ring (bicyclic) bond motifs is 5. The normalized spacial score (nSPS) is 27.1. The highest BCUT2D eigenvalue weighted by molar-refractivity contribution is 7.91. The van der Waals surface area contributed by atoms with Crippen LogP contribution in [0.4, 0.5) is 4.39 Å². The monoisotopic (exact) mass is 800 g/mol. The van der Waals surface area contributed by atoms with Gasteiger partial charge < -0.3 is 15.0 Å². The van der Waals surface area contributed by atoms with Crippen molar-refractivity contribution in [3.05, 3.63) is 82.3 Å². The molecule has 2 aliphatic heterocycles. The lowest BCUT2D eigenvalue weighted by molar-refractivity contribution is -0.140. The number of pyridine rings is 1. The first-order chi connectivity index (χ1) is 26.8. The number of rotatable bonds is 7. The Balaban J connectivity index is 1.14. The molecule has 2 aromatic carbocycles. The summed E-state index contributed by atoms with van der Waals surface area (Å²) in [6.07, 6.45) is 7.28. The summed E-state index contributed by atoms with van der Waals surface area (Å²) in [4.78, 5) is 64.3. The Morgan fingerprint density at radius 3 is 2.57 bits per heavy atom. The molecule has 3 fully saturated rings. The van der Waals surface area contributed by atoms with E-state index in [1.165, 1.54) is 22.3 Å². The zero-order valence-corrected chi connectivity index (χ0v) is 33.0. The average molecular weight is 801 g/mol. The lowest BCUT2D eigenvalue weighted by Gasteiger charge is -2.29. The SMILES string of the molecule is Cc1ccc(C(=O)N[C@H]2CCCCC/C=C\[C@@H]3C[C@@]3(C(=O)NS(=O)(=O)C3(C)CC3)CC(=O)[C@@H]3C[C@@H](Oc4nc5ccccc5c5cccc(F)c45)CN3C2=O)s1. The molecule has 2 saturated carbocycles. The van der Waals surface area contributed by atoms with Crippen LogP contribution in [0.1, 0.15) is 85.7 Å². The van der Waals surface area contributed by atoms with Gasteiger partial charge in [0.25, 0.3) is 5.91 Å². The Bertz CT molecular complexity index is 2390. The van der Waals surface area contributed by atoms with Crippen molar-refractivity contribution in [2.75, 3.05) is 6.54 Å². The highest BCUT2D eigenvalue weighted by Crippen LogP contribution is 2.57. The van der Waals surface area contributed by atoms with Crippen LogP contribution in [-0.2, 0) is 24.4 Å². The number of hydrogen-bond donors (Lipinski definition) is 2. The lowest BCUT2D eigenvalue weighted by atomic mass is 9.91. The predicted octanol–water partition coefficient (Wildman–Crippen LogP) is 6.53. The second-order valence-corrected chi connectivity index (χ2v) is 19.6. The van der Waals surface area contributed by atoms with Crippen molar-refractivity contribution in [2.24, 2.45) is 11.3 Å². The number of carbonyl (C=O) groups is 4. The number of halogens is 1. The van der Waals surface area contributed by atoms with Gasteiger partial charge in [-0.3, -0.25) is 23.9 Å². The average Bonchev–Trinajstić information content (AvgIpc) is 3.97. The Morgan fingerprint density at radius 1 is 1.02 bits per heavy atom. The number of nitrogens with zero attached hydrogens (tertiary/aromatic N) is 2. The predicted molar refractivity (Wildman–Crippen MR) is 211 cm³/mol. The van der Waals surface area contributed by atoms with Crippen LogP contribution < -0.4 is 14.8 Å². The van der Waals surface area contributed by atoms with Crippen LogP contribution >= 0.6 is 11.3 Å². The van der Waals surface area contributed by atoms with E-state index in [-0.39, 0.29) is 42.5 Å². The van der Waals surface area contributed by atoms with Crippen LogP contribution in [0.15, 0.2) is 66.7 Å². The van der Waals surface area contributed by atoms with Crippen molar-refractivity contribution in [1.29, 1.82) is 0 Å². The molecular weight excluding hydrogens is 756 g/mol. The fourth-order valence-corrected chi connectivity index (χ4v) is 10.4. The number of ether oxygens (including phenoxy) is 1. The molecule has 0 unspecified atom stereocenters. The summed E-state index contributed by atoms with van der Waals surface area (Å²) >= 11 is 1.32. The lowest BCUT2D eigenvalue weighted by Crippen LogP contribution is -2.52. The Hall–Kier alpha value is -4.69. The third kappa shape index (κ3) is 7.21. The molecule has 0 spiro atoms. The molecular formula is C42H45FN4O7S2. The van der Waals surface area contributed by atoms with Crippen LogP contribution in [0.2, 0.25) is 0 Å². The summed E-state index contributed by atoms with van der Waals surface area (Å²) in [6, 6.07) is 13.6. The summed E-state index contributed by atoms with van der Waals surface area (Å²) in [5.41, 5.74) is -0.716. The maximum atomic E-state index is 15.5. The second-order valence-electron chi connectivity index (χ2n) is 16.1. The minimum atomic E-state index is -3.97. The first kappa shape index (κ1) is 38.2. The van der Waals surface area contributed by atoms with E-state index in [4.69, 9.17) is 4.74 Å². The van der Waals surface area contributed by atoms with E-state index in [0.717, 1.165) is 23.1 Å². The van der Waals surface area contributed by atoms with Gasteiger partial charge in [-0.2, -0.15) is 0 Å². The summed E-state index contributed by atoms with van der Waals surface area (Å²) in [5, 5.41) is 4.47. The molecule has 8 rings (SSSR count). The smallest absolute Gasteiger partial charge is 0.262 e. The van der Waals surface area contributed by atoms with Crippen LogP contribution in [-0.4, -0.2) is 71.3 Å². The van der Waals surface area contributed by atoms with E-state index >= 15 is 4.39 Å². The van der Waals surface area contributed by atoms with Gasteiger partial charge in [0.1, 0.15) is 18.0 Å². The highest BCUT2D eigenvalue weighted by atomic mass is 32.2. The van der Waals surface area contributed by atoms with Gasteiger partial charge in [0.2, 0.25) is 27.7 Å². The third-order valence-electron chi connectivity index (χ3n) is 12.0. The fourth-order valence-electron chi connectivity index (χ4n) is 8.25. The third-order valence-corrected chi connectivity index (χ3v) is 15.2. The van der Waals surface area contributed by atoms with Crippen LogP contribution in [0.5, 0.6) is 5.88 Å². The van der Waals surface area contributed by atoms with Crippen molar-refractivity contribution >= 4 is 66.5 Å². The zero-order valence-electron chi connectivity index (χ0n) is 31.4. The van der Waals surface area contributed by atoms with Crippen molar-refractivity contribution in [1.82, 2.24) is 19.9 Å². The van der Waals surface area contributed by atoms with Gasteiger partial charge in [0.05, 0.1) is 38.5 Å². The number of thiophene rings is 1. The number of hydrogen-bond acceptors (Lipinski definition) is 9. The second kappa shape index (κ2) is 14.7. The van der Waals surface area contributed by atoms with E-state index in [1.54, 1.807) is 31.2 Å². The van der Waals surface area contributed by atoms with Crippen molar-refractivity contribution < 1.29 is 36.7 Å². The van der Waals surface area contributed by atoms with E-state index in [1.807, 2.05) is 43.3 Å². The number of ketones is 1. The number of sulfonamides is 1. The molecule has 1 saturated heterocycles. The quantitative estimate of drug-likeness (QED) is 0.158. The molecule has 0 bridgehead atoms. The Kier molecular flexibility index (Phi) is 10.0. The number of aromatic nitrogens is 1. The summed E-state index contributed by atoms with van der Waals surface area (Å²) in [6.45, 7) is 3.44. The van der Waals surface area contributed by atoms with E-state index in [2.05, 4.69) is 15.0 Å². The van der Waals surface area contributed by atoms with E-state index in [0.29, 0.717) is 54.3 Å². The topological polar surface area (TPSA) is 152 Å². The summed E-state index contributed by atoms with van der Waals surface area (Å²) in [5.74, 6) is -2.82. The first-order valence-corrected chi connectivity index (χ1v) is 21.7. The first-order valence-electron chi connectivity index (χ1n) is 19.4.